The molecule has 4 heteroatoms. The molecular weight excluding hydrogens is 258 g/mol. The van der Waals surface area contributed by atoms with Crippen LogP contribution in [0.4, 0.5) is 0 Å². The number of halogens is 1. The van der Waals surface area contributed by atoms with Crippen LogP contribution in [0, 0.1) is 0 Å². The normalized spacial score (nSPS) is 19.5. The summed E-state index contributed by atoms with van der Waals surface area (Å²) in [5, 5.41) is 3.16. The monoisotopic (exact) mass is 269 g/mol. The number of benzene rings is 1. The first-order valence-corrected chi connectivity index (χ1v) is 5.62. The van der Waals surface area contributed by atoms with Gasteiger partial charge in [0.2, 0.25) is 0 Å². The van der Waals surface area contributed by atoms with Gasteiger partial charge in [-0.25, -0.2) is 4.79 Å². The van der Waals surface area contributed by atoms with Crippen molar-refractivity contribution in [1.82, 2.24) is 5.32 Å². The van der Waals surface area contributed by atoms with E-state index in [4.69, 9.17) is 4.74 Å². The van der Waals surface area contributed by atoms with Crippen LogP contribution < -0.4 is 5.32 Å². The number of esters is 1. The zero-order valence-electron chi connectivity index (χ0n) is 8.42. The SMILES string of the molecule is COC(=O)C1NCCc2c(Br)cccc21. The summed E-state index contributed by atoms with van der Waals surface area (Å²) in [6.07, 6.45) is 0.935. The zero-order chi connectivity index (χ0) is 10.8. The van der Waals surface area contributed by atoms with E-state index in [2.05, 4.69) is 21.2 Å². The van der Waals surface area contributed by atoms with Gasteiger partial charge in [-0.2, -0.15) is 0 Å². The quantitative estimate of drug-likeness (QED) is 0.791. The van der Waals surface area contributed by atoms with Crippen LogP contribution in [0.2, 0.25) is 0 Å². The van der Waals surface area contributed by atoms with Crippen molar-refractivity contribution < 1.29 is 9.53 Å². The highest BCUT2D eigenvalue weighted by atomic mass is 79.9. The largest absolute Gasteiger partial charge is 0.468 e. The lowest BCUT2D eigenvalue weighted by Gasteiger charge is -2.25. The molecule has 0 aliphatic carbocycles. The molecule has 0 saturated heterocycles. The molecule has 1 aliphatic heterocycles. The molecule has 1 heterocycles. The molecule has 1 unspecified atom stereocenters. The van der Waals surface area contributed by atoms with E-state index in [0.717, 1.165) is 23.0 Å². The topological polar surface area (TPSA) is 38.3 Å². The molecule has 0 saturated carbocycles. The summed E-state index contributed by atoms with van der Waals surface area (Å²) >= 11 is 3.50. The van der Waals surface area contributed by atoms with Crippen LogP contribution in [0.3, 0.4) is 0 Å². The molecule has 1 aromatic carbocycles. The Morgan fingerprint density at radius 3 is 3.13 bits per heavy atom. The predicted octanol–water partition coefficient (Wildman–Crippen LogP) is 1.81. The number of rotatable bonds is 1. The summed E-state index contributed by atoms with van der Waals surface area (Å²) in [6.45, 7) is 0.801. The van der Waals surface area contributed by atoms with E-state index in [1.165, 1.54) is 12.7 Å². The first-order valence-electron chi connectivity index (χ1n) is 4.82. The average Bonchev–Trinajstić information content (AvgIpc) is 2.28. The number of fused-ring (bicyclic) bond motifs is 1. The van der Waals surface area contributed by atoms with Crippen LogP contribution in [-0.2, 0) is 16.0 Å². The molecule has 1 aromatic rings. The van der Waals surface area contributed by atoms with E-state index in [0.29, 0.717) is 0 Å². The molecule has 2 rings (SSSR count). The van der Waals surface area contributed by atoms with E-state index >= 15 is 0 Å². The Balaban J connectivity index is 2.42. The fourth-order valence-corrected chi connectivity index (χ4v) is 2.47. The Kier molecular flexibility index (Phi) is 3.07. The van der Waals surface area contributed by atoms with E-state index in [-0.39, 0.29) is 12.0 Å². The maximum absolute atomic E-state index is 11.5. The van der Waals surface area contributed by atoms with Gasteiger partial charge in [-0.1, -0.05) is 28.1 Å². The second-order valence-corrected chi connectivity index (χ2v) is 4.32. The van der Waals surface area contributed by atoms with Crippen LogP contribution in [-0.4, -0.2) is 19.6 Å². The van der Waals surface area contributed by atoms with Crippen molar-refractivity contribution in [2.75, 3.05) is 13.7 Å². The number of nitrogens with one attached hydrogen (secondary N) is 1. The lowest BCUT2D eigenvalue weighted by Crippen LogP contribution is -2.35. The number of carbonyl (C=O) groups is 1. The molecule has 0 aromatic heterocycles. The zero-order valence-corrected chi connectivity index (χ0v) is 10.0. The van der Waals surface area contributed by atoms with Gasteiger partial charge < -0.3 is 10.1 Å². The van der Waals surface area contributed by atoms with Crippen molar-refractivity contribution in [1.29, 1.82) is 0 Å². The van der Waals surface area contributed by atoms with Crippen molar-refractivity contribution in [2.45, 2.75) is 12.5 Å². The van der Waals surface area contributed by atoms with Gasteiger partial charge in [0.25, 0.3) is 0 Å². The van der Waals surface area contributed by atoms with Crippen molar-refractivity contribution in [2.24, 2.45) is 0 Å². The fourth-order valence-electron chi connectivity index (χ4n) is 1.89. The Labute approximate surface area is 96.9 Å². The van der Waals surface area contributed by atoms with Gasteiger partial charge in [-0.3, -0.25) is 0 Å². The third-order valence-electron chi connectivity index (χ3n) is 2.63. The molecular formula is C11H12BrNO2. The molecule has 1 aliphatic rings. The molecule has 0 fully saturated rings. The van der Waals surface area contributed by atoms with Gasteiger partial charge in [-0.15, -0.1) is 0 Å². The Morgan fingerprint density at radius 1 is 1.60 bits per heavy atom. The second kappa shape index (κ2) is 4.33. The summed E-state index contributed by atoms with van der Waals surface area (Å²) in [4.78, 5) is 11.5. The number of carbonyl (C=O) groups excluding carboxylic acids is 1. The summed E-state index contributed by atoms with van der Waals surface area (Å²) in [5.41, 5.74) is 2.22. The van der Waals surface area contributed by atoms with Crippen LogP contribution in [0.15, 0.2) is 22.7 Å². The third-order valence-corrected chi connectivity index (χ3v) is 3.37. The summed E-state index contributed by atoms with van der Waals surface area (Å²) in [5.74, 6) is -0.228. The van der Waals surface area contributed by atoms with Gasteiger partial charge in [0.05, 0.1) is 7.11 Å². The van der Waals surface area contributed by atoms with Crippen LogP contribution in [0.1, 0.15) is 17.2 Å². The smallest absolute Gasteiger partial charge is 0.327 e. The van der Waals surface area contributed by atoms with E-state index in [1.807, 2.05) is 18.2 Å². The molecule has 0 amide bonds. The predicted molar refractivity (Wildman–Crippen MR) is 60.6 cm³/mol. The van der Waals surface area contributed by atoms with Gasteiger partial charge in [-0.05, 0) is 23.6 Å². The minimum atomic E-state index is -0.323. The molecule has 15 heavy (non-hydrogen) atoms. The molecule has 0 bridgehead atoms. The van der Waals surface area contributed by atoms with Crippen molar-refractivity contribution in [3.8, 4) is 0 Å². The molecule has 1 atom stereocenters. The van der Waals surface area contributed by atoms with Gasteiger partial charge in [0.1, 0.15) is 6.04 Å². The Bertz CT molecular complexity index is 392. The van der Waals surface area contributed by atoms with Crippen molar-refractivity contribution in [3.05, 3.63) is 33.8 Å². The van der Waals surface area contributed by atoms with Crippen LogP contribution in [0.5, 0.6) is 0 Å². The minimum Gasteiger partial charge on any atom is -0.468 e. The molecule has 3 nitrogen and oxygen atoms in total. The van der Waals surface area contributed by atoms with E-state index < -0.39 is 0 Å². The van der Waals surface area contributed by atoms with Crippen molar-refractivity contribution in [3.63, 3.8) is 0 Å². The van der Waals surface area contributed by atoms with E-state index in [1.54, 1.807) is 0 Å². The van der Waals surface area contributed by atoms with Gasteiger partial charge in [0.15, 0.2) is 0 Å². The first-order chi connectivity index (χ1) is 7.24. The standard InChI is InChI=1S/C11H12BrNO2/c1-15-11(14)10-8-3-2-4-9(12)7(8)5-6-13-10/h2-4,10,13H,5-6H2,1H3. The molecule has 0 radical (unpaired) electrons. The third kappa shape index (κ3) is 1.92. The fraction of sp³-hybridized carbons (Fsp3) is 0.364. The Hall–Kier alpha value is -0.870. The van der Waals surface area contributed by atoms with Crippen LogP contribution in [0.25, 0.3) is 0 Å². The number of hydrogen-bond acceptors (Lipinski definition) is 3. The summed E-state index contributed by atoms with van der Waals surface area (Å²) < 4.78 is 5.83. The first kappa shape index (κ1) is 10.6. The lowest BCUT2D eigenvalue weighted by molar-refractivity contribution is -0.143. The maximum Gasteiger partial charge on any atom is 0.327 e. The number of hydrogen-bond donors (Lipinski definition) is 1. The van der Waals surface area contributed by atoms with Crippen LogP contribution >= 0.6 is 15.9 Å². The summed E-state index contributed by atoms with van der Waals surface area (Å²) in [6, 6.07) is 5.58. The minimum absolute atomic E-state index is 0.228. The summed E-state index contributed by atoms with van der Waals surface area (Å²) in [7, 11) is 1.41. The highest BCUT2D eigenvalue weighted by Gasteiger charge is 2.27. The molecule has 1 N–H and O–H groups in total. The highest BCUT2D eigenvalue weighted by Crippen LogP contribution is 2.29. The van der Waals surface area contributed by atoms with E-state index in [9.17, 15) is 4.79 Å². The van der Waals surface area contributed by atoms with Gasteiger partial charge >= 0.3 is 5.97 Å². The highest BCUT2D eigenvalue weighted by molar-refractivity contribution is 9.10. The van der Waals surface area contributed by atoms with Crippen molar-refractivity contribution >= 4 is 21.9 Å². The second-order valence-electron chi connectivity index (χ2n) is 3.47. The number of methoxy groups -OCH3 is 1. The average molecular weight is 270 g/mol. The molecule has 80 valence electrons. The Morgan fingerprint density at radius 2 is 2.40 bits per heavy atom. The molecule has 0 spiro atoms. The lowest BCUT2D eigenvalue weighted by atomic mass is 9.94. The maximum atomic E-state index is 11.5. The number of ether oxygens (including phenoxy) is 1. The van der Waals surface area contributed by atoms with Gasteiger partial charge in [0, 0.05) is 11.0 Å².